The molecule has 31 heavy (non-hydrogen) atoms. The second-order valence-electron chi connectivity index (χ2n) is 8.11. The molecule has 0 unspecified atom stereocenters. The fourth-order valence-corrected chi connectivity index (χ4v) is 5.77. The third-order valence-electron chi connectivity index (χ3n) is 6.24. The maximum Gasteiger partial charge on any atom is 0.264 e. The fraction of sp³-hybridized carbons (Fsp3) is 0.304. The highest BCUT2D eigenvalue weighted by atomic mass is 32.1. The molecule has 6 rings (SSSR count). The molecule has 4 aromatic rings. The number of hydrogen-bond donors (Lipinski definition) is 0. The molecule has 0 radical (unpaired) electrons. The zero-order valence-electron chi connectivity index (χ0n) is 17.3. The quantitative estimate of drug-likeness (QED) is 0.489. The van der Waals surface area contributed by atoms with Crippen molar-refractivity contribution in [2.45, 2.75) is 19.8 Å². The fourth-order valence-electron chi connectivity index (χ4n) is 4.53. The van der Waals surface area contributed by atoms with Gasteiger partial charge in [-0.15, -0.1) is 26.6 Å². The number of anilines is 1. The van der Waals surface area contributed by atoms with Crippen LogP contribution in [0.15, 0.2) is 42.5 Å². The Kier molecular flexibility index (Phi) is 4.27. The first-order valence-corrected chi connectivity index (χ1v) is 11.4. The summed E-state index contributed by atoms with van der Waals surface area (Å²) in [6.45, 7) is 4.81. The Morgan fingerprint density at radius 3 is 2.65 bits per heavy atom. The molecule has 156 valence electrons. The van der Waals surface area contributed by atoms with Crippen molar-refractivity contribution in [1.82, 2.24) is 24.7 Å². The van der Waals surface area contributed by atoms with Gasteiger partial charge in [-0.25, -0.2) is 0 Å². The number of nitrogens with zero attached hydrogens (tertiary/aromatic N) is 6. The number of rotatable bonds is 2. The molecule has 1 aromatic carbocycles. The lowest BCUT2D eigenvalue weighted by atomic mass is 9.91. The van der Waals surface area contributed by atoms with E-state index in [9.17, 15) is 4.79 Å². The van der Waals surface area contributed by atoms with Crippen LogP contribution >= 0.6 is 11.3 Å². The van der Waals surface area contributed by atoms with Gasteiger partial charge in [0.25, 0.3) is 5.91 Å². The Labute approximate surface area is 183 Å². The first-order chi connectivity index (χ1) is 15.2. The third-order valence-corrected chi connectivity index (χ3v) is 7.44. The minimum Gasteiger partial charge on any atom is -0.352 e. The molecule has 0 bridgehead atoms. The highest BCUT2D eigenvalue weighted by Crippen LogP contribution is 2.39. The van der Waals surface area contributed by atoms with Crippen molar-refractivity contribution in [3.63, 3.8) is 0 Å². The highest BCUT2D eigenvalue weighted by Gasteiger charge is 2.27. The molecule has 1 saturated heterocycles. The number of piperazine rings is 1. The number of amides is 1. The monoisotopic (exact) mass is 430 g/mol. The van der Waals surface area contributed by atoms with E-state index >= 15 is 0 Å². The van der Waals surface area contributed by atoms with Gasteiger partial charge >= 0.3 is 0 Å². The molecule has 0 N–H and O–H groups in total. The minimum absolute atomic E-state index is 0.148. The van der Waals surface area contributed by atoms with E-state index in [0.717, 1.165) is 48.1 Å². The van der Waals surface area contributed by atoms with Gasteiger partial charge in [-0.2, -0.15) is 4.52 Å². The molecule has 7 nitrogen and oxygen atoms in total. The van der Waals surface area contributed by atoms with Gasteiger partial charge in [-0.3, -0.25) is 4.79 Å². The van der Waals surface area contributed by atoms with Gasteiger partial charge in [0.15, 0.2) is 11.5 Å². The van der Waals surface area contributed by atoms with Crippen molar-refractivity contribution in [2.75, 3.05) is 31.1 Å². The van der Waals surface area contributed by atoms with Crippen LogP contribution in [0.4, 0.5) is 5.82 Å². The van der Waals surface area contributed by atoms with Crippen molar-refractivity contribution in [2.24, 2.45) is 0 Å². The van der Waals surface area contributed by atoms with E-state index in [1.807, 2.05) is 24.0 Å². The van der Waals surface area contributed by atoms with Gasteiger partial charge < -0.3 is 9.80 Å². The molecule has 0 atom stereocenters. The first kappa shape index (κ1) is 18.5. The Morgan fingerprint density at radius 1 is 0.968 bits per heavy atom. The van der Waals surface area contributed by atoms with Gasteiger partial charge in [-0.1, -0.05) is 24.3 Å². The average molecular weight is 431 g/mol. The number of benzene rings is 1. The summed E-state index contributed by atoms with van der Waals surface area (Å²) in [5, 5.41) is 12.8. The smallest absolute Gasteiger partial charge is 0.264 e. The number of hydrogen-bond acceptors (Lipinski definition) is 6. The number of aromatic nitrogens is 4. The van der Waals surface area contributed by atoms with Crippen LogP contribution in [0.1, 0.15) is 26.6 Å². The lowest BCUT2D eigenvalue weighted by Gasteiger charge is -2.35. The normalized spacial score (nSPS) is 15.8. The van der Waals surface area contributed by atoms with Crippen LogP contribution < -0.4 is 4.90 Å². The van der Waals surface area contributed by atoms with Crippen LogP contribution in [0, 0.1) is 6.92 Å². The van der Waals surface area contributed by atoms with E-state index in [1.54, 1.807) is 15.9 Å². The van der Waals surface area contributed by atoms with E-state index in [-0.39, 0.29) is 5.91 Å². The summed E-state index contributed by atoms with van der Waals surface area (Å²) < 4.78 is 1.76. The average Bonchev–Trinajstić information content (AvgIpc) is 3.42. The molecular formula is C23H22N6OS. The zero-order valence-corrected chi connectivity index (χ0v) is 18.1. The maximum absolute atomic E-state index is 13.2. The van der Waals surface area contributed by atoms with E-state index < -0.39 is 0 Å². The summed E-state index contributed by atoms with van der Waals surface area (Å²) in [5.74, 6) is 1.81. The SMILES string of the molecule is Cc1nnc2ccc(N3CCN(C(=O)c4cc5c(s4)-c4ccccc4CC5)CC3)nn12. The van der Waals surface area contributed by atoms with Crippen molar-refractivity contribution in [3.05, 3.63) is 64.3 Å². The van der Waals surface area contributed by atoms with E-state index in [0.29, 0.717) is 13.1 Å². The predicted molar refractivity (Wildman–Crippen MR) is 121 cm³/mol. The topological polar surface area (TPSA) is 66.6 Å². The summed E-state index contributed by atoms with van der Waals surface area (Å²) in [6, 6.07) is 14.6. The third kappa shape index (κ3) is 3.09. The number of carbonyl (C=O) groups is 1. The highest BCUT2D eigenvalue weighted by molar-refractivity contribution is 7.17. The number of aryl methyl sites for hydroxylation is 3. The van der Waals surface area contributed by atoms with Crippen LogP contribution in [0.3, 0.4) is 0 Å². The Bertz CT molecular complexity index is 1300. The van der Waals surface area contributed by atoms with Gasteiger partial charge in [-0.05, 0) is 54.7 Å². The van der Waals surface area contributed by atoms with Crippen LogP contribution in [-0.2, 0) is 12.8 Å². The predicted octanol–water partition coefficient (Wildman–Crippen LogP) is 3.22. The first-order valence-electron chi connectivity index (χ1n) is 10.6. The second kappa shape index (κ2) is 7.16. The molecule has 0 spiro atoms. The summed E-state index contributed by atoms with van der Waals surface area (Å²) in [5.41, 5.74) is 4.74. The Morgan fingerprint density at radius 2 is 1.77 bits per heavy atom. The second-order valence-corrected chi connectivity index (χ2v) is 9.16. The largest absolute Gasteiger partial charge is 0.352 e. The summed E-state index contributed by atoms with van der Waals surface area (Å²) in [4.78, 5) is 19.6. The molecule has 2 aliphatic rings. The molecule has 8 heteroatoms. The molecule has 3 aromatic heterocycles. The molecule has 1 aliphatic carbocycles. The Hall–Kier alpha value is -3.26. The number of carbonyl (C=O) groups excluding carboxylic acids is 1. The summed E-state index contributed by atoms with van der Waals surface area (Å²) >= 11 is 1.65. The molecule has 0 saturated carbocycles. The van der Waals surface area contributed by atoms with Crippen LogP contribution in [-0.4, -0.2) is 56.8 Å². The van der Waals surface area contributed by atoms with Gasteiger partial charge in [0, 0.05) is 31.1 Å². The van der Waals surface area contributed by atoms with E-state index in [4.69, 9.17) is 0 Å². The standard InChI is InChI=1S/C23H22N6OS/c1-15-24-25-20-8-9-21(26-29(15)20)27-10-12-28(13-11-27)23(30)19-14-17-7-6-16-4-2-3-5-18(16)22(17)31-19/h2-5,8-9,14H,6-7,10-13H2,1H3. The van der Waals surface area contributed by atoms with Crippen LogP contribution in [0.25, 0.3) is 16.1 Å². The van der Waals surface area contributed by atoms with Crippen molar-refractivity contribution < 1.29 is 4.79 Å². The summed E-state index contributed by atoms with van der Waals surface area (Å²) in [6.07, 6.45) is 2.07. The molecular weight excluding hydrogens is 408 g/mol. The van der Waals surface area contributed by atoms with Crippen molar-refractivity contribution >= 4 is 28.7 Å². The molecule has 1 fully saturated rings. The van der Waals surface area contributed by atoms with Gasteiger partial charge in [0.2, 0.25) is 0 Å². The molecule has 1 amide bonds. The van der Waals surface area contributed by atoms with E-state index in [1.165, 1.54) is 21.6 Å². The van der Waals surface area contributed by atoms with Crippen molar-refractivity contribution in [1.29, 1.82) is 0 Å². The maximum atomic E-state index is 13.2. The van der Waals surface area contributed by atoms with E-state index in [2.05, 4.69) is 50.5 Å². The van der Waals surface area contributed by atoms with Crippen LogP contribution in [0.5, 0.6) is 0 Å². The van der Waals surface area contributed by atoms with Crippen molar-refractivity contribution in [3.8, 4) is 10.4 Å². The number of fused-ring (bicyclic) bond motifs is 4. The minimum atomic E-state index is 0.148. The van der Waals surface area contributed by atoms with Gasteiger partial charge in [0.05, 0.1) is 4.88 Å². The lowest BCUT2D eigenvalue weighted by Crippen LogP contribution is -2.49. The Balaban J connectivity index is 1.18. The van der Waals surface area contributed by atoms with Crippen LogP contribution in [0.2, 0.25) is 0 Å². The summed E-state index contributed by atoms with van der Waals surface area (Å²) in [7, 11) is 0. The van der Waals surface area contributed by atoms with Gasteiger partial charge in [0.1, 0.15) is 5.82 Å². The zero-order chi connectivity index (χ0) is 20.9. The number of thiophene rings is 1. The molecule has 4 heterocycles. The lowest BCUT2D eigenvalue weighted by molar-refractivity contribution is 0.0751. The molecule has 1 aliphatic heterocycles.